The number of aromatic nitrogens is 3. The molecule has 0 bridgehead atoms. The van der Waals surface area contributed by atoms with Crippen molar-refractivity contribution in [3.63, 3.8) is 0 Å². The Morgan fingerprint density at radius 2 is 1.67 bits per heavy atom. The minimum atomic E-state index is -0.825. The lowest BCUT2D eigenvalue weighted by Gasteiger charge is -2.73. The summed E-state index contributed by atoms with van der Waals surface area (Å²) in [6.45, 7) is 24.7. The molecule has 14 atom stereocenters. The third-order valence-corrected chi connectivity index (χ3v) is 20.6. The zero-order valence-electron chi connectivity index (χ0n) is 40.2. The molecule has 1 saturated heterocycles. The number of methoxy groups -OCH3 is 1. The summed E-state index contributed by atoms with van der Waals surface area (Å²) in [7, 11) is 1.69. The number of pyridine rings is 1. The van der Waals surface area contributed by atoms with Crippen LogP contribution in [0.3, 0.4) is 0 Å². The van der Waals surface area contributed by atoms with Gasteiger partial charge in [0.05, 0.1) is 48.3 Å². The number of nitrogens with one attached hydrogen (secondary N) is 1. The molecule has 6 aliphatic carbocycles. The lowest BCUT2D eigenvalue weighted by molar-refractivity contribution is -0.251. The van der Waals surface area contributed by atoms with E-state index in [1.165, 1.54) is 5.57 Å². The van der Waals surface area contributed by atoms with Gasteiger partial charge < -0.3 is 29.2 Å². The van der Waals surface area contributed by atoms with Gasteiger partial charge in [0.1, 0.15) is 11.9 Å². The predicted molar refractivity (Wildman–Crippen MR) is 244 cm³/mol. The van der Waals surface area contributed by atoms with Gasteiger partial charge in [-0.15, -0.1) is 0 Å². The number of amides is 1. The van der Waals surface area contributed by atoms with E-state index >= 15 is 4.79 Å². The van der Waals surface area contributed by atoms with Gasteiger partial charge in [-0.25, -0.2) is 4.98 Å². The number of fused-ring (bicyclic) bond motifs is 7. The highest BCUT2D eigenvalue weighted by Crippen LogP contribution is 2.78. The Balaban J connectivity index is 0.983. The average Bonchev–Trinajstić information content (AvgIpc) is 4.00. The van der Waals surface area contributed by atoms with Crippen LogP contribution in [0.25, 0.3) is 11.3 Å². The molecule has 6 saturated carbocycles. The van der Waals surface area contributed by atoms with E-state index in [1.807, 2.05) is 38.4 Å². The molecule has 2 aromatic heterocycles. The lowest BCUT2D eigenvalue weighted by atomic mass is 9.32. The number of imidazole rings is 1. The van der Waals surface area contributed by atoms with Crippen molar-refractivity contribution in [2.24, 2.45) is 73.9 Å². The first-order chi connectivity index (χ1) is 30.2. The van der Waals surface area contributed by atoms with E-state index in [4.69, 9.17) is 19.2 Å². The number of ether oxygens (including phenoxy) is 3. The average molecular weight is 881 g/mol. The fourth-order valence-corrected chi connectivity index (χ4v) is 16.8. The van der Waals surface area contributed by atoms with Crippen molar-refractivity contribution in [1.82, 2.24) is 19.9 Å². The minimum Gasteiger partial charge on any atom is -0.481 e. The standard InChI is InChI=1S/C53H76N4O7/c1-31(2)34-15-20-53(47(61)57-30-33(63-25-24-62-10)26-39(57)44-55-29-38(56-44)32-12-11-23-54-28-32)22-21-51(8)35(43(34)53)13-14-41-50(7)18-17-42(49(5,6)40(50)16-19-52(41,51)9)64-46(60)37-27-36(45(58)59)48(37,3)4/h11-12,23,28-29,33-37,39-43H,1,13-22,24-27,30H2,2-10H3,(H,55,56)(H,58,59)/t33-,34+,35-,36+,37-,39+,40+,41-,42+,43-,50?,51-,52-,53+/m1/s1. The number of carboxylic acid groups (broad SMARTS) is 1. The number of likely N-dealkylation sites (tertiary alicyclic amines) is 1. The van der Waals surface area contributed by atoms with Crippen LogP contribution in [0.1, 0.15) is 144 Å². The molecule has 7 fully saturated rings. The second kappa shape index (κ2) is 16.1. The Hall–Kier alpha value is -3.57. The van der Waals surface area contributed by atoms with E-state index in [0.29, 0.717) is 56.3 Å². The molecular formula is C53H76N4O7. The number of H-pyrrole nitrogens is 1. The maximum absolute atomic E-state index is 15.9. The molecule has 2 aromatic rings. The van der Waals surface area contributed by atoms with Crippen LogP contribution in [0, 0.1) is 73.9 Å². The molecule has 2 N–H and O–H groups in total. The van der Waals surface area contributed by atoms with Crippen LogP contribution in [0.15, 0.2) is 42.9 Å². The van der Waals surface area contributed by atoms with Gasteiger partial charge in [0.15, 0.2) is 0 Å². The van der Waals surface area contributed by atoms with E-state index in [1.54, 1.807) is 13.3 Å². The zero-order chi connectivity index (χ0) is 45.8. The smallest absolute Gasteiger partial charge is 0.309 e. The molecule has 0 radical (unpaired) electrons. The maximum atomic E-state index is 15.9. The molecule has 7 aliphatic rings. The Bertz CT molecular complexity index is 2140. The van der Waals surface area contributed by atoms with Crippen molar-refractivity contribution in [2.75, 3.05) is 26.9 Å². The molecule has 64 heavy (non-hydrogen) atoms. The topological polar surface area (TPSA) is 144 Å². The lowest BCUT2D eigenvalue weighted by Crippen LogP contribution is -2.67. The van der Waals surface area contributed by atoms with Gasteiger partial charge in [-0.3, -0.25) is 19.4 Å². The summed E-state index contributed by atoms with van der Waals surface area (Å²) in [6.07, 6.45) is 16.4. The first-order valence-electron chi connectivity index (χ1n) is 24.7. The van der Waals surface area contributed by atoms with Crippen molar-refractivity contribution in [3.8, 4) is 11.3 Å². The Morgan fingerprint density at radius 3 is 2.36 bits per heavy atom. The molecule has 1 unspecified atom stereocenters. The third-order valence-electron chi connectivity index (χ3n) is 20.6. The number of hydrogen-bond acceptors (Lipinski definition) is 8. The Labute approximate surface area is 381 Å². The Morgan fingerprint density at radius 1 is 0.891 bits per heavy atom. The van der Waals surface area contributed by atoms with Crippen LogP contribution in [0.4, 0.5) is 0 Å². The van der Waals surface area contributed by atoms with Gasteiger partial charge in [0.25, 0.3) is 0 Å². The highest BCUT2D eigenvalue weighted by molar-refractivity contribution is 5.85. The second-order valence-electron chi connectivity index (χ2n) is 23.7. The van der Waals surface area contributed by atoms with Crippen molar-refractivity contribution >= 4 is 17.8 Å². The largest absolute Gasteiger partial charge is 0.481 e. The molecule has 1 amide bonds. The molecule has 1 aliphatic heterocycles. The van der Waals surface area contributed by atoms with E-state index in [0.717, 1.165) is 81.3 Å². The number of carboxylic acids is 1. The summed E-state index contributed by atoms with van der Waals surface area (Å²) < 4.78 is 18.2. The summed E-state index contributed by atoms with van der Waals surface area (Å²) in [6, 6.07) is 3.72. The molecule has 3 heterocycles. The molecule has 0 aromatic carbocycles. The van der Waals surface area contributed by atoms with Gasteiger partial charge in [0.2, 0.25) is 5.91 Å². The van der Waals surface area contributed by atoms with E-state index in [-0.39, 0.29) is 63.6 Å². The zero-order valence-corrected chi connectivity index (χ0v) is 40.2. The molecule has 9 rings (SSSR count). The van der Waals surface area contributed by atoms with Crippen LogP contribution in [0.5, 0.6) is 0 Å². The van der Waals surface area contributed by atoms with Crippen molar-refractivity contribution in [3.05, 3.63) is 48.7 Å². The second-order valence-corrected chi connectivity index (χ2v) is 23.7. The van der Waals surface area contributed by atoms with Crippen molar-refractivity contribution < 1.29 is 33.7 Å². The van der Waals surface area contributed by atoms with E-state index in [9.17, 15) is 14.7 Å². The third kappa shape index (κ3) is 6.71. The number of carbonyl (C=O) groups is 3. The number of carbonyl (C=O) groups excluding carboxylic acids is 2. The monoisotopic (exact) mass is 881 g/mol. The quantitative estimate of drug-likeness (QED) is 0.128. The van der Waals surface area contributed by atoms with Crippen LogP contribution in [0.2, 0.25) is 0 Å². The number of rotatable bonds is 11. The Kier molecular flexibility index (Phi) is 11.4. The van der Waals surface area contributed by atoms with Crippen molar-refractivity contribution in [2.45, 2.75) is 151 Å². The minimum absolute atomic E-state index is 0.0518. The van der Waals surface area contributed by atoms with Gasteiger partial charge in [-0.05, 0) is 141 Å². The number of nitrogens with zero attached hydrogens (tertiary/aromatic N) is 3. The number of allylic oxidation sites excluding steroid dienone is 1. The highest BCUT2D eigenvalue weighted by Gasteiger charge is 2.73. The van der Waals surface area contributed by atoms with E-state index in [2.05, 4.69) is 63.0 Å². The number of aromatic amines is 1. The van der Waals surface area contributed by atoms with Gasteiger partial charge in [-0.1, -0.05) is 60.6 Å². The number of aliphatic carboxylic acids is 1. The molecular weight excluding hydrogens is 805 g/mol. The van der Waals surface area contributed by atoms with Crippen molar-refractivity contribution in [1.29, 1.82) is 0 Å². The summed E-state index contributed by atoms with van der Waals surface area (Å²) in [5.74, 6) is 0.995. The molecule has 11 nitrogen and oxygen atoms in total. The number of esters is 1. The van der Waals surface area contributed by atoms with Crippen LogP contribution >= 0.6 is 0 Å². The maximum Gasteiger partial charge on any atom is 0.309 e. The van der Waals surface area contributed by atoms with E-state index < -0.39 is 22.7 Å². The fraction of sp³-hybridized carbons (Fsp3) is 0.755. The van der Waals surface area contributed by atoms with Gasteiger partial charge >= 0.3 is 11.9 Å². The molecule has 350 valence electrons. The molecule has 0 spiro atoms. The predicted octanol–water partition coefficient (Wildman–Crippen LogP) is 10.1. The summed E-state index contributed by atoms with van der Waals surface area (Å²) >= 11 is 0. The summed E-state index contributed by atoms with van der Waals surface area (Å²) in [5, 5.41) is 9.73. The molecule has 11 heteroatoms. The first-order valence-corrected chi connectivity index (χ1v) is 24.7. The summed E-state index contributed by atoms with van der Waals surface area (Å²) in [5.41, 5.74) is 1.92. The SMILES string of the molecule is C=C(C)[C@@H]1CC[C@]2(C(=O)N3C[C@H](OCCOC)C[C@H]3c3nc(-c4cccnc4)c[nH]3)CC[C@]3(C)[C@H](CC[C@@H]4C5(C)CC[C@H](OC(=O)[C@H]6C[C@@H](C(=O)O)C6(C)C)C(C)(C)[C@@H]5CC[C@]43C)[C@@H]12. The van der Waals surface area contributed by atoms with Crippen LogP contribution < -0.4 is 0 Å². The van der Waals surface area contributed by atoms with Gasteiger partial charge in [0, 0.05) is 49.6 Å². The fourth-order valence-electron chi connectivity index (χ4n) is 16.8. The number of hydrogen-bond donors (Lipinski definition) is 2. The normalized spacial score (nSPS) is 41.7. The van der Waals surface area contributed by atoms with Crippen LogP contribution in [-0.2, 0) is 28.6 Å². The summed E-state index contributed by atoms with van der Waals surface area (Å²) in [4.78, 5) is 56.6. The van der Waals surface area contributed by atoms with Gasteiger partial charge in [-0.2, -0.15) is 0 Å². The van der Waals surface area contributed by atoms with Crippen LogP contribution in [-0.4, -0.2) is 81.9 Å². The first kappa shape index (κ1) is 45.6. The highest BCUT2D eigenvalue weighted by atomic mass is 16.5.